The zero-order chi connectivity index (χ0) is 17.4. The van der Waals surface area contributed by atoms with Gasteiger partial charge in [0, 0.05) is 43.7 Å². The fourth-order valence-electron chi connectivity index (χ4n) is 3.39. The molecule has 4 rings (SSSR count). The van der Waals surface area contributed by atoms with Gasteiger partial charge >= 0.3 is 5.97 Å². The van der Waals surface area contributed by atoms with Crippen LogP contribution in [0.5, 0.6) is 0 Å². The molecule has 3 heterocycles. The Labute approximate surface area is 143 Å². The predicted molar refractivity (Wildman–Crippen MR) is 89.2 cm³/mol. The van der Waals surface area contributed by atoms with Gasteiger partial charge in [-0.3, -0.25) is 9.48 Å². The molecule has 0 unspecified atom stereocenters. The third-order valence-corrected chi connectivity index (χ3v) is 4.86. The second-order valence-corrected chi connectivity index (χ2v) is 6.23. The molecule has 1 amide bonds. The van der Waals surface area contributed by atoms with Gasteiger partial charge in [-0.15, -0.1) is 0 Å². The number of furan rings is 1. The average Bonchev–Trinajstić information content (AvgIpc) is 3.30. The first kappa shape index (κ1) is 15.4. The van der Waals surface area contributed by atoms with E-state index < -0.39 is 11.5 Å². The number of hydrogen-bond acceptors (Lipinski definition) is 4. The summed E-state index contributed by atoms with van der Waals surface area (Å²) in [4.78, 5) is 26.2. The Morgan fingerprint density at radius 2 is 1.92 bits per heavy atom. The van der Waals surface area contributed by atoms with Crippen molar-refractivity contribution in [2.24, 2.45) is 0 Å². The standard InChI is InChI=1S/C18H17N3O4/c22-16(15-12-13-4-1-2-5-14(13)25-15)20-10-6-18(7-11-20,17(23)24)21-9-3-8-19-21/h1-5,8-9,12H,6-7,10-11H2,(H,23,24). The number of benzene rings is 1. The largest absolute Gasteiger partial charge is 0.479 e. The zero-order valence-corrected chi connectivity index (χ0v) is 13.5. The third kappa shape index (κ3) is 2.48. The number of carboxylic acid groups (broad SMARTS) is 1. The lowest BCUT2D eigenvalue weighted by Crippen LogP contribution is -2.52. The van der Waals surface area contributed by atoms with Crippen molar-refractivity contribution in [3.63, 3.8) is 0 Å². The highest BCUT2D eigenvalue weighted by molar-refractivity contribution is 5.96. The number of hydrogen-bond donors (Lipinski definition) is 1. The summed E-state index contributed by atoms with van der Waals surface area (Å²) in [6.45, 7) is 0.671. The van der Waals surface area contributed by atoms with Crippen molar-refractivity contribution in [3.05, 3.63) is 54.6 Å². The van der Waals surface area contributed by atoms with Crippen LogP contribution in [0, 0.1) is 0 Å². The first-order chi connectivity index (χ1) is 12.1. The lowest BCUT2D eigenvalue weighted by atomic mass is 9.87. The molecule has 0 aliphatic carbocycles. The highest BCUT2D eigenvalue weighted by Gasteiger charge is 2.45. The lowest BCUT2D eigenvalue weighted by Gasteiger charge is -2.38. The van der Waals surface area contributed by atoms with Crippen molar-refractivity contribution >= 4 is 22.8 Å². The van der Waals surface area contributed by atoms with Gasteiger partial charge < -0.3 is 14.4 Å². The van der Waals surface area contributed by atoms with Crippen LogP contribution in [-0.2, 0) is 10.3 Å². The molecule has 0 spiro atoms. The van der Waals surface area contributed by atoms with E-state index in [0.717, 1.165) is 5.39 Å². The van der Waals surface area contributed by atoms with E-state index in [9.17, 15) is 14.7 Å². The summed E-state index contributed by atoms with van der Waals surface area (Å²) >= 11 is 0. The predicted octanol–water partition coefficient (Wildman–Crippen LogP) is 2.35. The summed E-state index contributed by atoms with van der Waals surface area (Å²) in [5, 5.41) is 14.7. The van der Waals surface area contributed by atoms with E-state index in [0.29, 0.717) is 31.5 Å². The number of piperidine rings is 1. The Morgan fingerprint density at radius 3 is 2.56 bits per heavy atom. The second kappa shape index (κ2) is 5.77. The average molecular weight is 339 g/mol. The summed E-state index contributed by atoms with van der Waals surface area (Å²) < 4.78 is 7.11. The summed E-state index contributed by atoms with van der Waals surface area (Å²) in [7, 11) is 0. The number of para-hydroxylation sites is 1. The maximum Gasteiger partial charge on any atom is 0.331 e. The van der Waals surface area contributed by atoms with Gasteiger partial charge in [-0.2, -0.15) is 5.10 Å². The van der Waals surface area contributed by atoms with E-state index in [1.165, 1.54) is 4.68 Å². The van der Waals surface area contributed by atoms with Crippen LogP contribution >= 0.6 is 0 Å². The number of carbonyl (C=O) groups is 2. The Hall–Kier alpha value is -3.09. The minimum atomic E-state index is -1.10. The molecule has 3 aromatic rings. The van der Waals surface area contributed by atoms with Crippen molar-refractivity contribution in [2.75, 3.05) is 13.1 Å². The smallest absolute Gasteiger partial charge is 0.331 e. The topological polar surface area (TPSA) is 88.6 Å². The van der Waals surface area contributed by atoms with Gasteiger partial charge in [-0.25, -0.2) is 4.79 Å². The molecule has 0 bridgehead atoms. The van der Waals surface area contributed by atoms with Gasteiger partial charge in [0.25, 0.3) is 5.91 Å². The van der Waals surface area contributed by atoms with Crippen LogP contribution < -0.4 is 0 Å². The number of likely N-dealkylation sites (tertiary alicyclic amines) is 1. The molecule has 25 heavy (non-hydrogen) atoms. The van der Waals surface area contributed by atoms with Crippen LogP contribution in [0.1, 0.15) is 23.4 Å². The van der Waals surface area contributed by atoms with Gasteiger partial charge in [0.1, 0.15) is 5.58 Å². The van der Waals surface area contributed by atoms with Crippen molar-refractivity contribution < 1.29 is 19.1 Å². The molecule has 7 heteroatoms. The van der Waals surface area contributed by atoms with Gasteiger partial charge in [0.05, 0.1) is 0 Å². The molecular weight excluding hydrogens is 322 g/mol. The number of fused-ring (bicyclic) bond motifs is 1. The van der Waals surface area contributed by atoms with Crippen LogP contribution in [0.3, 0.4) is 0 Å². The monoisotopic (exact) mass is 339 g/mol. The van der Waals surface area contributed by atoms with Crippen LogP contribution in [-0.4, -0.2) is 44.8 Å². The second-order valence-electron chi connectivity index (χ2n) is 6.23. The fraction of sp³-hybridized carbons (Fsp3) is 0.278. The van der Waals surface area contributed by atoms with Crippen molar-refractivity contribution in [2.45, 2.75) is 18.4 Å². The maximum absolute atomic E-state index is 12.7. The molecule has 7 nitrogen and oxygen atoms in total. The minimum absolute atomic E-state index is 0.212. The number of carboxylic acids is 1. The van der Waals surface area contributed by atoms with E-state index >= 15 is 0 Å². The molecule has 0 saturated carbocycles. The molecule has 1 aromatic carbocycles. The van der Waals surface area contributed by atoms with Crippen molar-refractivity contribution in [1.82, 2.24) is 14.7 Å². The highest BCUT2D eigenvalue weighted by atomic mass is 16.4. The molecule has 2 aromatic heterocycles. The molecule has 1 fully saturated rings. The van der Waals surface area contributed by atoms with E-state index in [1.54, 1.807) is 29.4 Å². The zero-order valence-electron chi connectivity index (χ0n) is 13.5. The quantitative estimate of drug-likeness (QED) is 0.791. The van der Waals surface area contributed by atoms with Crippen molar-refractivity contribution in [3.8, 4) is 0 Å². The first-order valence-electron chi connectivity index (χ1n) is 8.11. The number of carbonyl (C=O) groups excluding carboxylic acids is 1. The molecule has 1 aliphatic heterocycles. The number of aromatic nitrogens is 2. The Balaban J connectivity index is 1.54. The van der Waals surface area contributed by atoms with Crippen LogP contribution in [0.4, 0.5) is 0 Å². The van der Waals surface area contributed by atoms with Gasteiger partial charge in [-0.05, 0) is 18.2 Å². The molecular formula is C18H17N3O4. The number of amides is 1. The van der Waals surface area contributed by atoms with E-state index in [4.69, 9.17) is 4.42 Å². The maximum atomic E-state index is 12.7. The molecule has 0 radical (unpaired) electrons. The number of nitrogens with zero attached hydrogens (tertiary/aromatic N) is 3. The summed E-state index contributed by atoms with van der Waals surface area (Å²) in [6.07, 6.45) is 3.83. The molecule has 128 valence electrons. The molecule has 1 saturated heterocycles. The number of aliphatic carboxylic acids is 1. The van der Waals surface area contributed by atoms with Crippen LogP contribution in [0.2, 0.25) is 0 Å². The van der Waals surface area contributed by atoms with Crippen LogP contribution in [0.15, 0.2) is 53.2 Å². The SMILES string of the molecule is O=C(c1cc2ccccc2o1)N1CCC(C(=O)O)(n2cccn2)CC1. The third-order valence-electron chi connectivity index (χ3n) is 4.86. The Bertz CT molecular complexity index is 888. The summed E-state index contributed by atoms with van der Waals surface area (Å²) in [5.41, 5.74) is -0.437. The summed E-state index contributed by atoms with van der Waals surface area (Å²) in [6, 6.07) is 10.9. The van der Waals surface area contributed by atoms with Crippen LogP contribution in [0.25, 0.3) is 11.0 Å². The minimum Gasteiger partial charge on any atom is -0.479 e. The van der Waals surface area contributed by atoms with E-state index in [2.05, 4.69) is 5.10 Å². The van der Waals surface area contributed by atoms with Gasteiger partial charge in [0.15, 0.2) is 11.3 Å². The highest BCUT2D eigenvalue weighted by Crippen LogP contribution is 2.31. The fourth-order valence-corrected chi connectivity index (χ4v) is 3.39. The first-order valence-corrected chi connectivity index (χ1v) is 8.11. The molecule has 1 aliphatic rings. The van der Waals surface area contributed by atoms with Crippen molar-refractivity contribution in [1.29, 1.82) is 0 Å². The Morgan fingerprint density at radius 1 is 1.16 bits per heavy atom. The van der Waals surface area contributed by atoms with Gasteiger partial charge in [-0.1, -0.05) is 18.2 Å². The van der Waals surface area contributed by atoms with E-state index in [1.807, 2.05) is 24.3 Å². The lowest BCUT2D eigenvalue weighted by molar-refractivity contribution is -0.150. The summed E-state index contributed by atoms with van der Waals surface area (Å²) in [5.74, 6) is -0.856. The normalized spacial score (nSPS) is 16.9. The molecule has 1 N–H and O–H groups in total. The molecule has 0 atom stereocenters. The van der Waals surface area contributed by atoms with Gasteiger partial charge in [0.2, 0.25) is 0 Å². The number of rotatable bonds is 3. The Kier molecular flexibility index (Phi) is 3.56. The van der Waals surface area contributed by atoms with E-state index in [-0.39, 0.29) is 11.7 Å².